The van der Waals surface area contributed by atoms with Crippen LogP contribution in [0.3, 0.4) is 0 Å². The van der Waals surface area contributed by atoms with Gasteiger partial charge in [0, 0.05) is 6.20 Å². The lowest BCUT2D eigenvalue weighted by Crippen LogP contribution is -2.51. The van der Waals surface area contributed by atoms with Gasteiger partial charge in [0.1, 0.15) is 17.9 Å². The van der Waals surface area contributed by atoms with Crippen molar-refractivity contribution >= 4 is 17.6 Å². The summed E-state index contributed by atoms with van der Waals surface area (Å²) < 4.78 is 0. The molecular weight excluding hydrogens is 266 g/mol. The second-order valence-corrected chi connectivity index (χ2v) is 4.93. The molecule has 3 rings (SSSR count). The SMILES string of the molecule is NC1=NC2C([C@@H]3N[C@@H](CO)[C@H](O)[C@H]3O)=CN=C2C(=O)N1. The Labute approximate surface area is 113 Å². The van der Waals surface area contributed by atoms with E-state index in [1.54, 1.807) is 0 Å². The third-order valence-corrected chi connectivity index (χ3v) is 3.72. The molecule has 9 heteroatoms. The van der Waals surface area contributed by atoms with Gasteiger partial charge in [-0.1, -0.05) is 0 Å². The van der Waals surface area contributed by atoms with Gasteiger partial charge in [-0.05, 0) is 5.57 Å². The monoisotopic (exact) mass is 281 g/mol. The maximum absolute atomic E-state index is 11.7. The topological polar surface area (TPSA) is 153 Å². The van der Waals surface area contributed by atoms with Gasteiger partial charge in [0.05, 0.1) is 24.8 Å². The van der Waals surface area contributed by atoms with Crippen LogP contribution in [0.1, 0.15) is 0 Å². The van der Waals surface area contributed by atoms with Crippen molar-refractivity contribution in [1.29, 1.82) is 0 Å². The number of fused-ring (bicyclic) bond motifs is 1. The Bertz CT molecular complexity index is 543. The van der Waals surface area contributed by atoms with Crippen LogP contribution in [0.25, 0.3) is 0 Å². The maximum atomic E-state index is 11.7. The van der Waals surface area contributed by atoms with Crippen LogP contribution in [0.4, 0.5) is 0 Å². The summed E-state index contributed by atoms with van der Waals surface area (Å²) in [6.07, 6.45) is -0.780. The van der Waals surface area contributed by atoms with Gasteiger partial charge < -0.3 is 26.4 Å². The lowest BCUT2D eigenvalue weighted by atomic mass is 9.94. The largest absolute Gasteiger partial charge is 0.395 e. The standard InChI is InChI=1S/C11H15N5O4/c12-11-15-5-3(1-13-7(5)10(20)16-11)6-9(19)8(18)4(2-17)14-6/h1,4-6,8-9,14,17-19H,2H2,(H3,12,15,16,20)/t4-,5?,6-,8-,9-/m0/s1. The average molecular weight is 281 g/mol. The smallest absolute Gasteiger partial charge is 0.274 e. The summed E-state index contributed by atoms with van der Waals surface area (Å²) in [5.41, 5.74) is 6.26. The number of aliphatic hydroxyl groups is 3. The van der Waals surface area contributed by atoms with Gasteiger partial charge in [-0.15, -0.1) is 0 Å². The molecular formula is C11H15N5O4. The lowest BCUT2D eigenvalue weighted by Gasteiger charge is -2.24. The number of aliphatic hydroxyl groups excluding tert-OH is 3. The predicted octanol–water partition coefficient (Wildman–Crippen LogP) is -3.81. The summed E-state index contributed by atoms with van der Waals surface area (Å²) in [4.78, 5) is 19.8. The molecule has 0 spiro atoms. The van der Waals surface area contributed by atoms with Crippen molar-refractivity contribution in [1.82, 2.24) is 10.6 Å². The third kappa shape index (κ3) is 1.83. The molecule has 0 bridgehead atoms. The van der Waals surface area contributed by atoms with Crippen molar-refractivity contribution in [3.05, 3.63) is 11.8 Å². The highest BCUT2D eigenvalue weighted by molar-refractivity contribution is 6.46. The number of amides is 1. The number of guanidine groups is 1. The molecule has 3 aliphatic heterocycles. The minimum absolute atomic E-state index is 0.0153. The Morgan fingerprint density at radius 1 is 1.35 bits per heavy atom. The summed E-state index contributed by atoms with van der Waals surface area (Å²) in [7, 11) is 0. The third-order valence-electron chi connectivity index (χ3n) is 3.72. The molecule has 20 heavy (non-hydrogen) atoms. The second kappa shape index (κ2) is 4.63. The fourth-order valence-corrected chi connectivity index (χ4v) is 2.68. The predicted molar refractivity (Wildman–Crippen MR) is 68.9 cm³/mol. The van der Waals surface area contributed by atoms with Crippen LogP contribution in [-0.2, 0) is 4.79 Å². The highest BCUT2D eigenvalue weighted by Gasteiger charge is 2.47. The van der Waals surface area contributed by atoms with Gasteiger partial charge in [-0.25, -0.2) is 4.99 Å². The fourth-order valence-electron chi connectivity index (χ4n) is 2.68. The van der Waals surface area contributed by atoms with E-state index in [2.05, 4.69) is 20.6 Å². The van der Waals surface area contributed by atoms with Gasteiger partial charge >= 0.3 is 0 Å². The first-order valence-corrected chi connectivity index (χ1v) is 6.18. The van der Waals surface area contributed by atoms with E-state index in [0.29, 0.717) is 5.57 Å². The summed E-state index contributed by atoms with van der Waals surface area (Å²) in [5.74, 6) is -0.445. The zero-order chi connectivity index (χ0) is 14.4. The maximum Gasteiger partial charge on any atom is 0.274 e. The Morgan fingerprint density at radius 2 is 2.10 bits per heavy atom. The molecule has 3 heterocycles. The minimum Gasteiger partial charge on any atom is -0.395 e. The molecule has 5 atom stereocenters. The molecule has 3 aliphatic rings. The molecule has 0 saturated carbocycles. The summed E-state index contributed by atoms with van der Waals surface area (Å²) >= 11 is 0. The van der Waals surface area contributed by atoms with Crippen LogP contribution in [0.2, 0.25) is 0 Å². The molecule has 1 saturated heterocycles. The van der Waals surface area contributed by atoms with Crippen LogP contribution >= 0.6 is 0 Å². The Hall–Kier alpha value is -1.81. The van der Waals surface area contributed by atoms with Crippen LogP contribution < -0.4 is 16.4 Å². The molecule has 0 radical (unpaired) electrons. The van der Waals surface area contributed by atoms with Crippen LogP contribution in [-0.4, -0.2) is 69.8 Å². The number of aliphatic imine (C=N–C) groups is 2. The molecule has 9 nitrogen and oxygen atoms in total. The van der Waals surface area contributed by atoms with Gasteiger partial charge in [-0.2, -0.15) is 0 Å². The number of nitrogens with one attached hydrogen (secondary N) is 2. The molecule has 0 aliphatic carbocycles. The summed E-state index contributed by atoms with van der Waals surface area (Å²) in [6.45, 7) is -0.313. The first kappa shape index (κ1) is 13.2. The number of nitrogens with two attached hydrogens (primary N) is 1. The number of carbonyl (C=O) groups is 1. The van der Waals surface area contributed by atoms with E-state index in [1.165, 1.54) is 6.20 Å². The van der Waals surface area contributed by atoms with E-state index in [-0.39, 0.29) is 18.3 Å². The van der Waals surface area contributed by atoms with Crippen molar-refractivity contribution in [3.63, 3.8) is 0 Å². The van der Waals surface area contributed by atoms with E-state index in [0.717, 1.165) is 0 Å². The van der Waals surface area contributed by atoms with Crippen molar-refractivity contribution in [2.75, 3.05) is 6.61 Å². The van der Waals surface area contributed by atoms with Gasteiger partial charge in [0.15, 0.2) is 5.96 Å². The summed E-state index contributed by atoms with van der Waals surface area (Å²) in [6, 6.07) is -1.95. The highest BCUT2D eigenvalue weighted by atomic mass is 16.3. The van der Waals surface area contributed by atoms with Crippen molar-refractivity contribution in [2.24, 2.45) is 15.7 Å². The highest BCUT2D eigenvalue weighted by Crippen LogP contribution is 2.28. The number of nitrogens with zero attached hydrogens (tertiary/aromatic N) is 2. The molecule has 7 N–H and O–H groups in total. The number of hydrogen-bond acceptors (Lipinski definition) is 8. The zero-order valence-corrected chi connectivity index (χ0v) is 10.4. The van der Waals surface area contributed by atoms with Crippen LogP contribution in [0, 0.1) is 0 Å². The number of rotatable bonds is 2. The normalized spacial score (nSPS) is 39.9. The molecule has 0 aromatic heterocycles. The Morgan fingerprint density at radius 3 is 2.75 bits per heavy atom. The lowest BCUT2D eigenvalue weighted by molar-refractivity contribution is -0.113. The van der Waals surface area contributed by atoms with Crippen LogP contribution in [0.15, 0.2) is 21.8 Å². The summed E-state index contributed by atoms with van der Waals surface area (Å²) in [5, 5.41) is 34.3. The van der Waals surface area contributed by atoms with Gasteiger partial charge in [0.2, 0.25) is 0 Å². The Balaban J connectivity index is 1.87. The van der Waals surface area contributed by atoms with Crippen molar-refractivity contribution in [2.45, 2.75) is 30.3 Å². The molecule has 108 valence electrons. The fraction of sp³-hybridized carbons (Fsp3) is 0.545. The van der Waals surface area contributed by atoms with E-state index in [4.69, 9.17) is 10.8 Å². The van der Waals surface area contributed by atoms with Gasteiger partial charge in [0.25, 0.3) is 5.91 Å². The molecule has 1 amide bonds. The number of hydrogen-bond donors (Lipinski definition) is 6. The van der Waals surface area contributed by atoms with E-state index in [1.807, 2.05) is 0 Å². The van der Waals surface area contributed by atoms with E-state index >= 15 is 0 Å². The Kier molecular flexibility index (Phi) is 3.05. The minimum atomic E-state index is -1.12. The van der Waals surface area contributed by atoms with Crippen LogP contribution in [0.5, 0.6) is 0 Å². The first-order chi connectivity index (χ1) is 9.52. The molecule has 1 fully saturated rings. The van der Waals surface area contributed by atoms with Gasteiger partial charge in [-0.3, -0.25) is 15.1 Å². The molecule has 0 aromatic rings. The second-order valence-electron chi connectivity index (χ2n) is 4.93. The van der Waals surface area contributed by atoms with Crippen molar-refractivity contribution < 1.29 is 20.1 Å². The first-order valence-electron chi connectivity index (χ1n) is 6.18. The zero-order valence-electron chi connectivity index (χ0n) is 10.4. The molecule has 1 unspecified atom stereocenters. The quantitative estimate of drug-likeness (QED) is 0.305. The molecule has 0 aromatic carbocycles. The van der Waals surface area contributed by atoms with E-state index in [9.17, 15) is 15.0 Å². The van der Waals surface area contributed by atoms with E-state index < -0.39 is 36.2 Å². The van der Waals surface area contributed by atoms with Crippen molar-refractivity contribution in [3.8, 4) is 0 Å². The average Bonchev–Trinajstić information content (AvgIpc) is 2.93. The number of carbonyl (C=O) groups excluding carboxylic acids is 1.